The SMILES string of the molecule is CC1(C)COC(C)(CC(I)S(C)(=O)=O)OC1. The first-order valence-electron chi connectivity index (χ1n) is 5.15. The zero-order valence-corrected chi connectivity index (χ0v) is 13.1. The smallest absolute Gasteiger partial charge is 0.167 e. The first kappa shape index (κ1) is 14.7. The fourth-order valence-corrected chi connectivity index (χ4v) is 2.75. The van der Waals surface area contributed by atoms with Crippen LogP contribution in [0.4, 0.5) is 0 Å². The van der Waals surface area contributed by atoms with Gasteiger partial charge in [0, 0.05) is 18.1 Å². The number of alkyl halides is 1. The predicted octanol–water partition coefficient (Wildman–Crippen LogP) is 1.97. The molecule has 16 heavy (non-hydrogen) atoms. The van der Waals surface area contributed by atoms with Crippen LogP contribution in [0, 0.1) is 5.41 Å². The lowest BCUT2D eigenvalue weighted by Gasteiger charge is -2.42. The van der Waals surface area contributed by atoms with Crippen molar-refractivity contribution in [2.24, 2.45) is 5.41 Å². The normalized spacial score (nSPS) is 26.3. The molecule has 0 radical (unpaired) electrons. The lowest BCUT2D eigenvalue weighted by molar-refractivity contribution is -0.290. The first-order valence-corrected chi connectivity index (χ1v) is 8.35. The summed E-state index contributed by atoms with van der Waals surface area (Å²) in [5, 5.41) is 0. The third-order valence-electron chi connectivity index (χ3n) is 2.53. The second kappa shape index (κ2) is 4.70. The minimum absolute atomic E-state index is 0.00533. The summed E-state index contributed by atoms with van der Waals surface area (Å²) in [6.45, 7) is 7.11. The molecule has 1 fully saturated rings. The molecule has 6 heteroatoms. The number of hydrogen-bond acceptors (Lipinski definition) is 4. The van der Waals surface area contributed by atoms with Crippen LogP contribution < -0.4 is 0 Å². The summed E-state index contributed by atoms with van der Waals surface area (Å²) in [4.78, 5) is 0. The van der Waals surface area contributed by atoms with Crippen LogP contribution in [0.15, 0.2) is 0 Å². The summed E-state index contributed by atoms with van der Waals surface area (Å²) in [7, 11) is -3.04. The van der Waals surface area contributed by atoms with Crippen LogP contribution in [-0.2, 0) is 19.3 Å². The van der Waals surface area contributed by atoms with Gasteiger partial charge in [0.05, 0.1) is 13.2 Å². The quantitative estimate of drug-likeness (QED) is 0.569. The van der Waals surface area contributed by atoms with Gasteiger partial charge in [-0.15, -0.1) is 0 Å². The molecule has 1 rings (SSSR count). The van der Waals surface area contributed by atoms with Crippen LogP contribution >= 0.6 is 22.6 Å². The average Bonchev–Trinajstić information content (AvgIpc) is 2.10. The zero-order chi connectivity index (χ0) is 12.6. The largest absolute Gasteiger partial charge is 0.350 e. The van der Waals surface area contributed by atoms with Crippen molar-refractivity contribution >= 4 is 32.4 Å². The van der Waals surface area contributed by atoms with Crippen LogP contribution in [-0.4, -0.2) is 36.9 Å². The third kappa shape index (κ3) is 4.12. The Labute approximate surface area is 111 Å². The van der Waals surface area contributed by atoms with Crippen molar-refractivity contribution in [1.82, 2.24) is 0 Å². The molecule has 0 spiro atoms. The Bertz CT molecular complexity index is 340. The summed E-state index contributed by atoms with van der Waals surface area (Å²) in [6.07, 6.45) is 1.60. The van der Waals surface area contributed by atoms with Crippen molar-refractivity contribution in [3.8, 4) is 0 Å². The predicted molar refractivity (Wildman–Crippen MR) is 71.4 cm³/mol. The number of halogens is 1. The van der Waals surface area contributed by atoms with E-state index in [0.29, 0.717) is 19.6 Å². The maximum atomic E-state index is 11.4. The van der Waals surface area contributed by atoms with Crippen LogP contribution in [0.3, 0.4) is 0 Å². The molecule has 4 nitrogen and oxygen atoms in total. The van der Waals surface area contributed by atoms with Gasteiger partial charge in [0.25, 0.3) is 0 Å². The Morgan fingerprint density at radius 2 is 1.69 bits per heavy atom. The van der Waals surface area contributed by atoms with Gasteiger partial charge >= 0.3 is 0 Å². The van der Waals surface area contributed by atoms with E-state index in [1.165, 1.54) is 6.26 Å². The molecule has 0 aromatic heterocycles. The maximum Gasteiger partial charge on any atom is 0.167 e. The van der Waals surface area contributed by atoms with Crippen molar-refractivity contribution in [3.63, 3.8) is 0 Å². The molecule has 1 aliphatic heterocycles. The Hall–Kier alpha value is 0.600. The van der Waals surface area contributed by atoms with Crippen molar-refractivity contribution < 1.29 is 17.9 Å². The molecule has 1 saturated heterocycles. The van der Waals surface area contributed by atoms with Gasteiger partial charge in [-0.1, -0.05) is 36.4 Å². The van der Waals surface area contributed by atoms with Gasteiger partial charge in [-0.3, -0.25) is 0 Å². The van der Waals surface area contributed by atoms with E-state index < -0.39 is 18.9 Å². The van der Waals surface area contributed by atoms with E-state index >= 15 is 0 Å². The highest BCUT2D eigenvalue weighted by Crippen LogP contribution is 2.34. The van der Waals surface area contributed by atoms with Gasteiger partial charge in [0.15, 0.2) is 15.6 Å². The van der Waals surface area contributed by atoms with E-state index in [1.807, 2.05) is 22.6 Å². The second-order valence-corrected chi connectivity index (χ2v) is 9.90. The molecule has 1 atom stereocenters. The molecule has 0 aromatic carbocycles. The van der Waals surface area contributed by atoms with E-state index in [2.05, 4.69) is 13.8 Å². The number of rotatable bonds is 3. The minimum atomic E-state index is -3.04. The number of hydrogen-bond donors (Lipinski definition) is 0. The topological polar surface area (TPSA) is 52.6 Å². The Balaban J connectivity index is 2.62. The fourth-order valence-electron chi connectivity index (χ4n) is 1.34. The monoisotopic (exact) mass is 362 g/mol. The van der Waals surface area contributed by atoms with Gasteiger partial charge in [-0.2, -0.15) is 0 Å². The molecule has 0 N–H and O–H groups in total. The Morgan fingerprint density at radius 3 is 2.06 bits per heavy atom. The molecular weight excluding hydrogens is 343 g/mol. The maximum absolute atomic E-state index is 11.4. The zero-order valence-electron chi connectivity index (χ0n) is 10.1. The average molecular weight is 362 g/mol. The summed E-state index contributed by atoms with van der Waals surface area (Å²) in [5.74, 6) is -0.773. The third-order valence-corrected chi connectivity index (χ3v) is 6.84. The molecule has 1 unspecified atom stereocenters. The lowest BCUT2D eigenvalue weighted by Crippen LogP contribution is -2.47. The molecule has 96 valence electrons. The second-order valence-electron chi connectivity index (χ2n) is 5.32. The summed E-state index contributed by atoms with van der Waals surface area (Å²) >= 11 is 1.92. The number of ether oxygens (including phenoxy) is 2. The Kier molecular flexibility index (Phi) is 4.31. The molecule has 0 amide bonds. The summed E-state index contributed by atoms with van der Waals surface area (Å²) in [6, 6.07) is 0. The van der Waals surface area contributed by atoms with Crippen molar-refractivity contribution in [2.75, 3.05) is 19.5 Å². The molecule has 1 heterocycles. The lowest BCUT2D eigenvalue weighted by atomic mass is 9.94. The number of sulfone groups is 1. The van der Waals surface area contributed by atoms with Gasteiger partial charge in [0.1, 0.15) is 3.26 Å². The highest BCUT2D eigenvalue weighted by atomic mass is 127. The van der Waals surface area contributed by atoms with Gasteiger partial charge in [-0.05, 0) is 6.92 Å². The fraction of sp³-hybridized carbons (Fsp3) is 1.00. The van der Waals surface area contributed by atoms with Crippen molar-refractivity contribution in [3.05, 3.63) is 0 Å². The van der Waals surface area contributed by atoms with Crippen LogP contribution in [0.25, 0.3) is 0 Å². The Morgan fingerprint density at radius 1 is 1.25 bits per heavy atom. The van der Waals surface area contributed by atoms with E-state index in [9.17, 15) is 8.42 Å². The summed E-state index contributed by atoms with van der Waals surface area (Å²) in [5.41, 5.74) is 0.00533. The van der Waals surface area contributed by atoms with Crippen molar-refractivity contribution in [2.45, 2.75) is 36.2 Å². The molecule has 0 aromatic rings. The highest BCUT2D eigenvalue weighted by molar-refractivity contribution is 14.1. The van der Waals surface area contributed by atoms with E-state index in [-0.39, 0.29) is 5.41 Å². The summed E-state index contributed by atoms with van der Waals surface area (Å²) < 4.78 is 33.5. The van der Waals surface area contributed by atoms with E-state index in [1.54, 1.807) is 6.92 Å². The van der Waals surface area contributed by atoms with Crippen molar-refractivity contribution in [1.29, 1.82) is 0 Å². The van der Waals surface area contributed by atoms with Crippen LogP contribution in [0.2, 0.25) is 0 Å². The molecule has 0 aliphatic carbocycles. The first-order chi connectivity index (χ1) is 7.04. The van der Waals surface area contributed by atoms with Crippen LogP contribution in [0.5, 0.6) is 0 Å². The minimum Gasteiger partial charge on any atom is -0.350 e. The molecule has 0 saturated carbocycles. The van der Waals surface area contributed by atoms with Gasteiger partial charge < -0.3 is 9.47 Å². The van der Waals surface area contributed by atoms with Gasteiger partial charge in [-0.25, -0.2) is 8.42 Å². The standard InChI is InChI=1S/C10H19IO4S/c1-9(2)6-14-10(3,15-7-9)5-8(11)16(4,12)13/h8H,5-7H2,1-4H3. The molecular formula is C10H19IO4S. The van der Waals surface area contributed by atoms with Crippen LogP contribution in [0.1, 0.15) is 27.2 Å². The van der Waals surface area contributed by atoms with E-state index in [0.717, 1.165) is 0 Å². The highest BCUT2D eigenvalue weighted by Gasteiger charge is 2.39. The molecule has 0 bridgehead atoms. The molecule has 1 aliphatic rings. The van der Waals surface area contributed by atoms with E-state index in [4.69, 9.17) is 9.47 Å². The van der Waals surface area contributed by atoms with Gasteiger partial charge in [0.2, 0.25) is 0 Å².